The molecule has 3 rings (SSSR count). The normalized spacial score (nSPS) is 18.4. The van der Waals surface area contributed by atoms with Crippen LogP contribution in [0.3, 0.4) is 0 Å². The molecule has 104 valence electrons. The van der Waals surface area contributed by atoms with Crippen molar-refractivity contribution in [2.45, 2.75) is 38.9 Å². The van der Waals surface area contributed by atoms with Crippen molar-refractivity contribution in [1.82, 2.24) is 4.98 Å². The number of ether oxygens (including phenoxy) is 1. The monoisotopic (exact) mass is 271 g/mol. The number of hydrogen-bond donors (Lipinski definition) is 0. The number of aryl methyl sites for hydroxylation is 1. The number of hydrogen-bond acceptors (Lipinski definition) is 2. The second-order valence-electron chi connectivity index (χ2n) is 5.21. The fourth-order valence-corrected chi connectivity index (χ4v) is 2.79. The summed E-state index contributed by atoms with van der Waals surface area (Å²) in [6.45, 7) is 2.68. The van der Waals surface area contributed by atoms with Gasteiger partial charge in [-0.2, -0.15) is 0 Å². The number of aromatic nitrogens is 1. The summed E-state index contributed by atoms with van der Waals surface area (Å²) in [7, 11) is 0. The maximum absolute atomic E-state index is 13.9. The van der Waals surface area contributed by atoms with Crippen molar-refractivity contribution in [3.8, 4) is 11.1 Å². The van der Waals surface area contributed by atoms with Crippen molar-refractivity contribution in [3.63, 3.8) is 0 Å². The molecule has 1 atom stereocenters. The topological polar surface area (TPSA) is 22.1 Å². The van der Waals surface area contributed by atoms with Crippen molar-refractivity contribution in [1.29, 1.82) is 0 Å². The Morgan fingerprint density at radius 2 is 2.30 bits per heavy atom. The van der Waals surface area contributed by atoms with E-state index >= 15 is 0 Å². The van der Waals surface area contributed by atoms with Gasteiger partial charge >= 0.3 is 0 Å². The molecule has 0 fully saturated rings. The summed E-state index contributed by atoms with van der Waals surface area (Å²) in [6.07, 6.45) is 6.60. The first-order valence-corrected chi connectivity index (χ1v) is 7.11. The van der Waals surface area contributed by atoms with Crippen molar-refractivity contribution in [3.05, 3.63) is 53.6 Å². The van der Waals surface area contributed by atoms with E-state index in [1.54, 1.807) is 24.5 Å². The Hall–Kier alpha value is -1.74. The van der Waals surface area contributed by atoms with Crippen LogP contribution in [0.4, 0.5) is 4.39 Å². The summed E-state index contributed by atoms with van der Waals surface area (Å²) < 4.78 is 19.8. The van der Waals surface area contributed by atoms with Crippen LogP contribution in [0.2, 0.25) is 0 Å². The van der Waals surface area contributed by atoms with E-state index < -0.39 is 0 Å². The molecule has 2 heterocycles. The molecule has 2 aromatic rings. The SMILES string of the molecule is CC[C@@H]1CCc2cc(F)cc(-c3cccnc3)c2CO1. The molecule has 0 radical (unpaired) electrons. The lowest BCUT2D eigenvalue weighted by Gasteiger charge is -2.14. The minimum atomic E-state index is -0.183. The van der Waals surface area contributed by atoms with Crippen molar-refractivity contribution in [2.24, 2.45) is 0 Å². The van der Waals surface area contributed by atoms with Gasteiger partial charge in [0.1, 0.15) is 5.82 Å². The predicted octanol–water partition coefficient (Wildman–Crippen LogP) is 4.13. The maximum atomic E-state index is 13.9. The summed E-state index contributed by atoms with van der Waals surface area (Å²) in [6, 6.07) is 7.07. The van der Waals surface area contributed by atoms with Gasteiger partial charge in [0.15, 0.2) is 0 Å². The van der Waals surface area contributed by atoms with Crippen molar-refractivity contribution >= 4 is 0 Å². The van der Waals surface area contributed by atoms with Crippen LogP contribution in [-0.2, 0) is 17.8 Å². The molecule has 1 aliphatic heterocycles. The summed E-state index contributed by atoms with van der Waals surface area (Å²) in [5.41, 5.74) is 4.03. The lowest BCUT2D eigenvalue weighted by atomic mass is 9.94. The van der Waals surface area contributed by atoms with Gasteiger partial charge in [-0.25, -0.2) is 4.39 Å². The highest BCUT2D eigenvalue weighted by atomic mass is 19.1. The van der Waals surface area contributed by atoms with Gasteiger partial charge in [-0.3, -0.25) is 4.98 Å². The number of fused-ring (bicyclic) bond motifs is 1. The molecule has 0 N–H and O–H groups in total. The molecule has 1 aromatic heterocycles. The molecule has 0 bridgehead atoms. The van der Waals surface area contributed by atoms with Gasteiger partial charge in [-0.05, 0) is 54.2 Å². The zero-order chi connectivity index (χ0) is 13.9. The third-order valence-corrected chi connectivity index (χ3v) is 3.93. The van der Waals surface area contributed by atoms with Gasteiger partial charge < -0.3 is 4.74 Å². The Morgan fingerprint density at radius 3 is 3.05 bits per heavy atom. The lowest BCUT2D eigenvalue weighted by Crippen LogP contribution is -2.09. The van der Waals surface area contributed by atoms with Crippen LogP contribution in [-0.4, -0.2) is 11.1 Å². The molecule has 0 amide bonds. The molecule has 3 heteroatoms. The zero-order valence-electron chi connectivity index (χ0n) is 11.6. The van der Waals surface area contributed by atoms with Crippen LogP contribution in [0, 0.1) is 5.82 Å². The van der Waals surface area contributed by atoms with E-state index in [0.29, 0.717) is 6.61 Å². The van der Waals surface area contributed by atoms with Crippen LogP contribution in [0.25, 0.3) is 11.1 Å². The Balaban J connectivity index is 2.06. The average Bonchev–Trinajstić information content (AvgIpc) is 2.69. The summed E-state index contributed by atoms with van der Waals surface area (Å²) in [5.74, 6) is -0.183. The van der Waals surface area contributed by atoms with E-state index in [0.717, 1.165) is 41.5 Å². The van der Waals surface area contributed by atoms with Gasteiger partial charge in [0.25, 0.3) is 0 Å². The fraction of sp³-hybridized carbons (Fsp3) is 0.353. The summed E-state index contributed by atoms with van der Waals surface area (Å²) in [5, 5.41) is 0. The van der Waals surface area contributed by atoms with Gasteiger partial charge in [0, 0.05) is 18.0 Å². The first-order valence-electron chi connectivity index (χ1n) is 7.11. The van der Waals surface area contributed by atoms with Crippen molar-refractivity contribution in [2.75, 3.05) is 0 Å². The van der Waals surface area contributed by atoms with Crippen LogP contribution >= 0.6 is 0 Å². The van der Waals surface area contributed by atoms with E-state index in [1.807, 2.05) is 12.1 Å². The molecule has 1 aliphatic rings. The summed E-state index contributed by atoms with van der Waals surface area (Å²) >= 11 is 0. The highest BCUT2D eigenvalue weighted by Gasteiger charge is 2.19. The quantitative estimate of drug-likeness (QED) is 0.819. The van der Waals surface area contributed by atoms with Gasteiger partial charge in [0.2, 0.25) is 0 Å². The molecule has 20 heavy (non-hydrogen) atoms. The molecule has 0 spiro atoms. The number of rotatable bonds is 2. The fourth-order valence-electron chi connectivity index (χ4n) is 2.79. The maximum Gasteiger partial charge on any atom is 0.124 e. The van der Waals surface area contributed by atoms with Gasteiger partial charge in [-0.15, -0.1) is 0 Å². The van der Waals surface area contributed by atoms with Crippen LogP contribution < -0.4 is 0 Å². The second kappa shape index (κ2) is 5.71. The molecule has 0 unspecified atom stereocenters. The predicted molar refractivity (Wildman–Crippen MR) is 76.8 cm³/mol. The highest BCUT2D eigenvalue weighted by molar-refractivity contribution is 5.68. The molecule has 2 nitrogen and oxygen atoms in total. The van der Waals surface area contributed by atoms with Gasteiger partial charge in [0.05, 0.1) is 12.7 Å². The van der Waals surface area contributed by atoms with Gasteiger partial charge in [-0.1, -0.05) is 13.0 Å². The number of halogens is 1. The van der Waals surface area contributed by atoms with Crippen LogP contribution in [0.15, 0.2) is 36.7 Å². The zero-order valence-corrected chi connectivity index (χ0v) is 11.6. The Bertz CT molecular complexity index is 597. The molecular formula is C17H18FNO. The Labute approximate surface area is 118 Å². The number of nitrogens with zero attached hydrogens (tertiary/aromatic N) is 1. The lowest BCUT2D eigenvalue weighted by molar-refractivity contribution is 0.0386. The number of pyridine rings is 1. The first-order chi connectivity index (χ1) is 9.78. The largest absolute Gasteiger partial charge is 0.374 e. The molecule has 0 aliphatic carbocycles. The molecule has 0 saturated heterocycles. The average molecular weight is 271 g/mol. The molecule has 0 saturated carbocycles. The first kappa shape index (κ1) is 13.3. The van der Waals surface area contributed by atoms with Crippen molar-refractivity contribution < 1.29 is 9.13 Å². The minimum absolute atomic E-state index is 0.183. The van der Waals surface area contributed by atoms with E-state index in [9.17, 15) is 4.39 Å². The third kappa shape index (κ3) is 2.59. The molecule has 1 aromatic carbocycles. The van der Waals surface area contributed by atoms with Crippen LogP contribution in [0.1, 0.15) is 30.9 Å². The van der Waals surface area contributed by atoms with E-state index in [-0.39, 0.29) is 11.9 Å². The number of benzene rings is 1. The highest BCUT2D eigenvalue weighted by Crippen LogP contribution is 2.31. The standard InChI is InChI=1S/C17H18FNO/c1-2-15-6-5-12-8-14(18)9-16(17(12)11-20-15)13-4-3-7-19-10-13/h3-4,7-10,15H,2,5-6,11H2,1H3/t15-/m1/s1. The Kier molecular flexibility index (Phi) is 3.79. The Morgan fingerprint density at radius 1 is 1.40 bits per heavy atom. The molecular weight excluding hydrogens is 253 g/mol. The van der Waals surface area contributed by atoms with E-state index in [4.69, 9.17) is 4.74 Å². The smallest absolute Gasteiger partial charge is 0.124 e. The van der Waals surface area contributed by atoms with E-state index in [1.165, 1.54) is 0 Å². The third-order valence-electron chi connectivity index (χ3n) is 3.93. The minimum Gasteiger partial charge on any atom is -0.374 e. The second-order valence-corrected chi connectivity index (χ2v) is 5.21. The van der Waals surface area contributed by atoms with Crippen LogP contribution in [0.5, 0.6) is 0 Å². The van der Waals surface area contributed by atoms with E-state index in [2.05, 4.69) is 11.9 Å². The summed E-state index contributed by atoms with van der Waals surface area (Å²) in [4.78, 5) is 4.13.